The molecule has 0 spiro atoms. The SMILES string of the molecule is Cc1cc(I)ccc1Nc1ccc([N+](=O)[O-])cc1-c1c(Nc2ccc(I)cc2C)c(C(=O)NCCN2CCCC2)cc(Cl)c1N1CCC(O)C1. The van der Waals surface area contributed by atoms with Crippen LogP contribution in [0.1, 0.15) is 40.7 Å². The Bertz CT molecular complexity index is 1940. The van der Waals surface area contributed by atoms with Gasteiger partial charge in [-0.25, -0.2) is 0 Å². The maximum Gasteiger partial charge on any atom is 0.270 e. The fourth-order valence-corrected chi connectivity index (χ4v) is 8.29. The molecule has 0 aliphatic carbocycles. The smallest absolute Gasteiger partial charge is 0.270 e. The van der Waals surface area contributed by atoms with E-state index in [2.05, 4.69) is 72.1 Å². The highest BCUT2D eigenvalue weighted by atomic mass is 127. The Morgan fingerprint density at radius 3 is 2.18 bits per heavy atom. The number of carbonyl (C=O) groups is 1. The van der Waals surface area contributed by atoms with Crippen LogP contribution in [0.25, 0.3) is 11.1 Å². The summed E-state index contributed by atoms with van der Waals surface area (Å²) in [6.07, 6.45) is 2.28. The average molecular weight is 921 g/mol. The van der Waals surface area contributed by atoms with Gasteiger partial charge in [0.15, 0.2) is 0 Å². The number of hydrogen-bond acceptors (Lipinski definition) is 8. The minimum absolute atomic E-state index is 0.106. The molecule has 4 aromatic rings. The molecule has 0 aromatic heterocycles. The molecular weight excluding hydrogens is 882 g/mol. The van der Waals surface area contributed by atoms with E-state index in [0.29, 0.717) is 64.8 Å². The predicted molar refractivity (Wildman–Crippen MR) is 219 cm³/mol. The van der Waals surface area contributed by atoms with Crippen molar-refractivity contribution in [1.82, 2.24) is 10.2 Å². The van der Waals surface area contributed by atoms with Gasteiger partial charge in [0.2, 0.25) is 0 Å². The molecule has 6 rings (SSSR count). The summed E-state index contributed by atoms with van der Waals surface area (Å²) in [5.74, 6) is -0.306. The highest BCUT2D eigenvalue weighted by molar-refractivity contribution is 14.1. The van der Waals surface area contributed by atoms with E-state index in [1.54, 1.807) is 12.1 Å². The van der Waals surface area contributed by atoms with E-state index in [-0.39, 0.29) is 11.6 Å². The number of halogens is 3. The zero-order chi connectivity index (χ0) is 35.5. The third-order valence-corrected chi connectivity index (χ3v) is 10.9. The minimum atomic E-state index is -0.570. The monoisotopic (exact) mass is 920 g/mol. The van der Waals surface area contributed by atoms with Gasteiger partial charge in [-0.2, -0.15) is 0 Å². The topological polar surface area (TPSA) is 123 Å². The lowest BCUT2D eigenvalue weighted by Crippen LogP contribution is -2.34. The number of hydrogen-bond donors (Lipinski definition) is 4. The van der Waals surface area contributed by atoms with Crippen LogP contribution in [-0.4, -0.2) is 66.2 Å². The van der Waals surface area contributed by atoms with Gasteiger partial charge in [-0.15, -0.1) is 0 Å². The molecule has 50 heavy (non-hydrogen) atoms. The number of anilines is 5. The van der Waals surface area contributed by atoms with Crippen LogP contribution in [0.5, 0.6) is 0 Å². The zero-order valence-electron chi connectivity index (χ0n) is 27.9. The first-order valence-corrected chi connectivity index (χ1v) is 19.2. The number of aliphatic hydroxyl groups is 1. The van der Waals surface area contributed by atoms with E-state index in [4.69, 9.17) is 11.6 Å². The van der Waals surface area contributed by atoms with E-state index in [1.165, 1.54) is 12.1 Å². The molecule has 1 unspecified atom stereocenters. The summed E-state index contributed by atoms with van der Waals surface area (Å²) in [4.78, 5) is 30.4. The molecule has 10 nitrogen and oxygen atoms in total. The number of likely N-dealkylation sites (tertiary alicyclic amines) is 1. The number of amides is 1. The normalized spacial score (nSPS) is 16.1. The van der Waals surface area contributed by atoms with Gasteiger partial charge < -0.3 is 30.9 Å². The van der Waals surface area contributed by atoms with Crippen molar-refractivity contribution < 1.29 is 14.8 Å². The molecule has 2 heterocycles. The Hall–Kier alpha value is -3.18. The predicted octanol–water partition coefficient (Wildman–Crippen LogP) is 8.63. The molecule has 0 radical (unpaired) electrons. The molecule has 4 N–H and O–H groups in total. The standard InChI is InChI=1S/C37H39ClI2N6O4/c1-22-17-24(39)5-8-31(22)42-33-10-7-26(46(49)50)19-28(33)34-35(43-32-9-6-25(40)18-23(32)2)29(37(48)41-12-16-44-13-3-4-14-44)20-30(38)36(34)45-15-11-27(47)21-45/h5-10,17-20,27,42-43,47H,3-4,11-16,21H2,1-2H3,(H,41,48). The summed E-state index contributed by atoms with van der Waals surface area (Å²) < 4.78 is 2.14. The lowest BCUT2D eigenvalue weighted by atomic mass is 9.94. The second-order valence-electron chi connectivity index (χ2n) is 12.9. The molecule has 2 saturated heterocycles. The third-order valence-electron chi connectivity index (χ3n) is 9.28. The molecule has 2 aliphatic rings. The number of nitro benzene ring substituents is 1. The number of β-amino-alcohol motifs (C(OH)–C–C–N with tert-alkyl or cyclic N) is 1. The molecule has 2 aliphatic heterocycles. The lowest BCUT2D eigenvalue weighted by Gasteiger charge is -2.29. The van der Waals surface area contributed by atoms with Crippen molar-refractivity contribution in [3.63, 3.8) is 0 Å². The van der Waals surface area contributed by atoms with E-state index in [9.17, 15) is 20.0 Å². The summed E-state index contributed by atoms with van der Waals surface area (Å²) in [5, 5.41) is 33.5. The van der Waals surface area contributed by atoms with Crippen LogP contribution in [0, 0.1) is 31.1 Å². The van der Waals surface area contributed by atoms with E-state index < -0.39 is 11.0 Å². The Kier molecular flexibility index (Phi) is 11.7. The van der Waals surface area contributed by atoms with Gasteiger partial charge >= 0.3 is 0 Å². The van der Waals surface area contributed by atoms with Crippen LogP contribution in [0.4, 0.5) is 34.1 Å². The number of nitro groups is 1. The highest BCUT2D eigenvalue weighted by Crippen LogP contribution is 2.50. The summed E-state index contributed by atoms with van der Waals surface area (Å²) >= 11 is 11.7. The molecule has 13 heteroatoms. The molecule has 1 atom stereocenters. The molecule has 262 valence electrons. The van der Waals surface area contributed by atoms with Crippen LogP contribution in [-0.2, 0) is 0 Å². The number of rotatable bonds is 11. The Morgan fingerprint density at radius 2 is 1.58 bits per heavy atom. The first kappa shape index (κ1) is 36.6. The molecule has 2 fully saturated rings. The summed E-state index contributed by atoms with van der Waals surface area (Å²) in [7, 11) is 0. The molecule has 0 bridgehead atoms. The number of nitrogens with one attached hydrogen (secondary N) is 3. The van der Waals surface area contributed by atoms with Crippen LogP contribution in [0.2, 0.25) is 5.02 Å². The van der Waals surface area contributed by atoms with Crippen molar-refractivity contribution in [2.45, 2.75) is 39.2 Å². The largest absolute Gasteiger partial charge is 0.391 e. The number of carbonyl (C=O) groups excluding carboxylic acids is 1. The van der Waals surface area contributed by atoms with Crippen LogP contribution in [0.15, 0.2) is 60.7 Å². The zero-order valence-corrected chi connectivity index (χ0v) is 32.9. The molecular formula is C37H39ClI2N6O4. The van der Waals surface area contributed by atoms with Gasteiger partial charge in [0.1, 0.15) is 0 Å². The van der Waals surface area contributed by atoms with Gasteiger partial charge in [0.05, 0.1) is 33.0 Å². The Labute approximate surface area is 324 Å². The van der Waals surface area contributed by atoms with Crippen molar-refractivity contribution in [2.24, 2.45) is 0 Å². The Balaban J connectivity index is 1.59. The maximum absolute atomic E-state index is 14.2. The van der Waals surface area contributed by atoms with Crippen LogP contribution < -0.4 is 20.9 Å². The van der Waals surface area contributed by atoms with Crippen molar-refractivity contribution >= 4 is 96.8 Å². The van der Waals surface area contributed by atoms with E-state index in [1.807, 2.05) is 49.1 Å². The molecule has 0 saturated carbocycles. The van der Waals surface area contributed by atoms with Gasteiger partial charge in [0.25, 0.3) is 11.6 Å². The fourth-order valence-electron chi connectivity index (χ4n) is 6.67. The lowest BCUT2D eigenvalue weighted by molar-refractivity contribution is -0.384. The fraction of sp³-hybridized carbons (Fsp3) is 0.324. The summed E-state index contributed by atoms with van der Waals surface area (Å²) in [6, 6.07) is 18.4. The second kappa shape index (κ2) is 16.0. The van der Waals surface area contributed by atoms with Gasteiger partial charge in [0, 0.05) is 73.6 Å². The average Bonchev–Trinajstić information content (AvgIpc) is 3.75. The van der Waals surface area contributed by atoms with Crippen molar-refractivity contribution in [3.05, 3.63) is 99.6 Å². The van der Waals surface area contributed by atoms with E-state index >= 15 is 0 Å². The van der Waals surface area contributed by atoms with Crippen LogP contribution >= 0.6 is 56.8 Å². The van der Waals surface area contributed by atoms with Crippen molar-refractivity contribution in [1.29, 1.82) is 0 Å². The van der Waals surface area contributed by atoms with Gasteiger partial charge in [-0.1, -0.05) is 11.6 Å². The van der Waals surface area contributed by atoms with Crippen LogP contribution in [0.3, 0.4) is 0 Å². The quantitative estimate of drug-likeness (QED) is 0.0671. The molecule has 1 amide bonds. The first-order valence-electron chi connectivity index (χ1n) is 16.6. The first-order chi connectivity index (χ1) is 24.0. The summed E-state index contributed by atoms with van der Waals surface area (Å²) in [5.41, 5.74) is 6.47. The van der Waals surface area contributed by atoms with Crippen molar-refractivity contribution in [3.8, 4) is 11.1 Å². The van der Waals surface area contributed by atoms with Gasteiger partial charge in [-0.05, 0) is 151 Å². The number of nitrogens with zero attached hydrogens (tertiary/aromatic N) is 3. The minimum Gasteiger partial charge on any atom is -0.391 e. The Morgan fingerprint density at radius 1 is 0.940 bits per heavy atom. The highest BCUT2D eigenvalue weighted by Gasteiger charge is 2.32. The number of aryl methyl sites for hydroxylation is 2. The summed E-state index contributed by atoms with van der Waals surface area (Å²) in [6.45, 7) is 8.08. The third kappa shape index (κ3) is 8.30. The van der Waals surface area contributed by atoms with Crippen molar-refractivity contribution in [2.75, 3.05) is 54.8 Å². The second-order valence-corrected chi connectivity index (χ2v) is 15.8. The number of benzene rings is 4. The number of aliphatic hydroxyl groups excluding tert-OH is 1. The molecule has 4 aromatic carbocycles. The van der Waals surface area contributed by atoms with Gasteiger partial charge in [-0.3, -0.25) is 14.9 Å². The number of non-ortho nitro benzene ring substituents is 1. The van der Waals surface area contributed by atoms with E-state index in [0.717, 1.165) is 62.1 Å². The maximum atomic E-state index is 14.2.